The van der Waals surface area contributed by atoms with Gasteiger partial charge in [-0.3, -0.25) is 0 Å². The molecular weight excluding hydrogens is 215 g/mol. The standard InChI is InChI=1S/C14H23FN2/c1-10(2)11(3)17(4)9-14(16)12-7-5-6-8-13(12)15/h5-8,10-11,14H,9,16H2,1-4H3. The molecule has 0 aliphatic rings. The van der Waals surface area contributed by atoms with Gasteiger partial charge in [0.15, 0.2) is 0 Å². The summed E-state index contributed by atoms with van der Waals surface area (Å²) in [6, 6.07) is 6.89. The van der Waals surface area contributed by atoms with Gasteiger partial charge in [-0.05, 0) is 26.0 Å². The quantitative estimate of drug-likeness (QED) is 0.854. The Hall–Kier alpha value is -0.930. The molecule has 0 spiro atoms. The number of halogens is 1. The van der Waals surface area contributed by atoms with Gasteiger partial charge >= 0.3 is 0 Å². The van der Waals surface area contributed by atoms with Crippen molar-refractivity contribution in [3.05, 3.63) is 35.6 Å². The molecule has 0 fully saturated rings. The number of nitrogens with zero attached hydrogens (tertiary/aromatic N) is 1. The number of hydrogen-bond donors (Lipinski definition) is 1. The number of rotatable bonds is 5. The third-order valence-corrected chi connectivity index (χ3v) is 3.45. The molecule has 0 aliphatic heterocycles. The van der Waals surface area contributed by atoms with E-state index in [4.69, 9.17) is 5.73 Å². The average molecular weight is 238 g/mol. The minimum Gasteiger partial charge on any atom is -0.323 e. The lowest BCUT2D eigenvalue weighted by atomic mass is 10.0. The van der Waals surface area contributed by atoms with Crippen molar-refractivity contribution in [1.29, 1.82) is 0 Å². The summed E-state index contributed by atoms with van der Waals surface area (Å²) >= 11 is 0. The van der Waals surface area contributed by atoms with E-state index in [1.807, 2.05) is 13.1 Å². The van der Waals surface area contributed by atoms with Crippen molar-refractivity contribution in [2.75, 3.05) is 13.6 Å². The molecule has 0 bridgehead atoms. The molecule has 0 saturated heterocycles. The van der Waals surface area contributed by atoms with Crippen LogP contribution in [0.15, 0.2) is 24.3 Å². The van der Waals surface area contributed by atoms with Gasteiger partial charge in [-0.25, -0.2) is 4.39 Å². The predicted octanol–water partition coefficient (Wildman–Crippen LogP) is 2.80. The highest BCUT2D eigenvalue weighted by Gasteiger charge is 2.18. The first-order chi connectivity index (χ1) is 7.93. The van der Waals surface area contributed by atoms with Gasteiger partial charge in [0.05, 0.1) is 0 Å². The molecule has 17 heavy (non-hydrogen) atoms. The Labute approximate surface area is 104 Å². The fourth-order valence-electron chi connectivity index (χ4n) is 1.86. The highest BCUT2D eigenvalue weighted by Crippen LogP contribution is 2.17. The van der Waals surface area contributed by atoms with Crippen LogP contribution in [-0.2, 0) is 0 Å². The van der Waals surface area contributed by atoms with Gasteiger partial charge in [0.2, 0.25) is 0 Å². The maximum atomic E-state index is 13.6. The van der Waals surface area contributed by atoms with Crippen LogP contribution in [0.2, 0.25) is 0 Å². The van der Waals surface area contributed by atoms with Crippen LogP contribution in [0.5, 0.6) is 0 Å². The van der Waals surface area contributed by atoms with Crippen LogP contribution in [0.1, 0.15) is 32.4 Å². The highest BCUT2D eigenvalue weighted by molar-refractivity contribution is 5.21. The molecule has 1 aromatic carbocycles. The Morgan fingerprint density at radius 2 is 1.82 bits per heavy atom. The Balaban J connectivity index is 2.67. The molecule has 2 atom stereocenters. The van der Waals surface area contributed by atoms with Gasteiger partial charge in [0.25, 0.3) is 0 Å². The van der Waals surface area contributed by atoms with Crippen molar-refractivity contribution >= 4 is 0 Å². The normalized spacial score (nSPS) is 15.3. The Bertz CT molecular complexity index is 352. The lowest BCUT2D eigenvalue weighted by molar-refractivity contribution is 0.196. The molecule has 0 aliphatic carbocycles. The second-order valence-electron chi connectivity index (χ2n) is 5.05. The van der Waals surface area contributed by atoms with E-state index in [0.717, 1.165) is 0 Å². The fourth-order valence-corrected chi connectivity index (χ4v) is 1.86. The van der Waals surface area contributed by atoms with E-state index in [2.05, 4.69) is 25.7 Å². The van der Waals surface area contributed by atoms with E-state index in [-0.39, 0.29) is 11.9 Å². The van der Waals surface area contributed by atoms with E-state index < -0.39 is 0 Å². The summed E-state index contributed by atoms with van der Waals surface area (Å²) in [6.45, 7) is 7.19. The van der Waals surface area contributed by atoms with E-state index in [1.165, 1.54) is 6.07 Å². The topological polar surface area (TPSA) is 29.3 Å². The lowest BCUT2D eigenvalue weighted by Gasteiger charge is -2.30. The summed E-state index contributed by atoms with van der Waals surface area (Å²) in [5.41, 5.74) is 6.65. The maximum Gasteiger partial charge on any atom is 0.128 e. The van der Waals surface area contributed by atoms with E-state index in [0.29, 0.717) is 24.1 Å². The van der Waals surface area contributed by atoms with Gasteiger partial charge in [-0.1, -0.05) is 32.0 Å². The lowest BCUT2D eigenvalue weighted by Crippen LogP contribution is -2.38. The number of nitrogens with two attached hydrogens (primary N) is 1. The maximum absolute atomic E-state index is 13.6. The van der Waals surface area contributed by atoms with Crippen LogP contribution in [-0.4, -0.2) is 24.5 Å². The molecule has 0 radical (unpaired) electrons. The van der Waals surface area contributed by atoms with Gasteiger partial charge < -0.3 is 10.6 Å². The molecular formula is C14H23FN2. The summed E-state index contributed by atoms with van der Waals surface area (Å²) in [7, 11) is 2.03. The zero-order valence-electron chi connectivity index (χ0n) is 11.2. The van der Waals surface area contributed by atoms with E-state index in [9.17, 15) is 4.39 Å². The Morgan fingerprint density at radius 1 is 1.24 bits per heavy atom. The van der Waals surface area contributed by atoms with Gasteiger partial charge in [0.1, 0.15) is 5.82 Å². The highest BCUT2D eigenvalue weighted by atomic mass is 19.1. The molecule has 0 heterocycles. The Kier molecular flexibility index (Phi) is 5.09. The molecule has 0 aromatic heterocycles. The number of hydrogen-bond acceptors (Lipinski definition) is 2. The van der Waals surface area contributed by atoms with E-state index in [1.54, 1.807) is 12.1 Å². The SMILES string of the molecule is CC(C)C(C)N(C)CC(N)c1ccccc1F. The van der Waals surface area contributed by atoms with Crippen LogP contribution in [0, 0.1) is 11.7 Å². The van der Waals surface area contributed by atoms with Crippen LogP contribution in [0.3, 0.4) is 0 Å². The summed E-state index contributed by atoms with van der Waals surface area (Å²) in [4.78, 5) is 2.18. The summed E-state index contributed by atoms with van der Waals surface area (Å²) < 4.78 is 13.6. The second kappa shape index (κ2) is 6.12. The van der Waals surface area contributed by atoms with Crippen molar-refractivity contribution in [3.8, 4) is 0 Å². The Morgan fingerprint density at radius 3 is 2.35 bits per heavy atom. The first-order valence-electron chi connectivity index (χ1n) is 6.13. The number of likely N-dealkylation sites (N-methyl/N-ethyl adjacent to an activating group) is 1. The first-order valence-corrected chi connectivity index (χ1v) is 6.13. The summed E-state index contributed by atoms with van der Waals surface area (Å²) in [5, 5.41) is 0. The molecule has 0 saturated carbocycles. The zero-order valence-corrected chi connectivity index (χ0v) is 11.2. The number of benzene rings is 1. The average Bonchev–Trinajstić information content (AvgIpc) is 2.28. The third-order valence-electron chi connectivity index (χ3n) is 3.45. The summed E-state index contributed by atoms with van der Waals surface area (Å²) in [6.07, 6.45) is 0. The van der Waals surface area contributed by atoms with Crippen molar-refractivity contribution < 1.29 is 4.39 Å². The van der Waals surface area contributed by atoms with Crippen molar-refractivity contribution in [3.63, 3.8) is 0 Å². The fraction of sp³-hybridized carbons (Fsp3) is 0.571. The van der Waals surface area contributed by atoms with Crippen LogP contribution in [0.4, 0.5) is 4.39 Å². The molecule has 1 aromatic rings. The molecule has 96 valence electrons. The van der Waals surface area contributed by atoms with Gasteiger partial charge in [-0.15, -0.1) is 0 Å². The molecule has 3 heteroatoms. The predicted molar refractivity (Wildman–Crippen MR) is 70.3 cm³/mol. The van der Waals surface area contributed by atoms with Gasteiger partial charge in [-0.2, -0.15) is 0 Å². The van der Waals surface area contributed by atoms with Gasteiger partial charge in [0, 0.05) is 24.2 Å². The molecule has 2 unspecified atom stereocenters. The molecule has 2 N–H and O–H groups in total. The smallest absolute Gasteiger partial charge is 0.128 e. The van der Waals surface area contributed by atoms with Crippen LogP contribution in [0.25, 0.3) is 0 Å². The van der Waals surface area contributed by atoms with Crippen molar-refractivity contribution in [2.24, 2.45) is 11.7 Å². The van der Waals surface area contributed by atoms with Crippen molar-refractivity contribution in [2.45, 2.75) is 32.9 Å². The zero-order chi connectivity index (χ0) is 13.0. The minimum atomic E-state index is -0.276. The van der Waals surface area contributed by atoms with Crippen LogP contribution < -0.4 is 5.73 Å². The molecule has 0 amide bonds. The minimum absolute atomic E-state index is 0.217. The van der Waals surface area contributed by atoms with Crippen LogP contribution >= 0.6 is 0 Å². The largest absolute Gasteiger partial charge is 0.323 e. The first kappa shape index (κ1) is 14.1. The third kappa shape index (κ3) is 3.79. The summed E-state index contributed by atoms with van der Waals surface area (Å²) in [5.74, 6) is 0.346. The van der Waals surface area contributed by atoms with E-state index >= 15 is 0 Å². The monoisotopic (exact) mass is 238 g/mol. The molecule has 2 nitrogen and oxygen atoms in total. The van der Waals surface area contributed by atoms with Crippen molar-refractivity contribution in [1.82, 2.24) is 4.90 Å². The second-order valence-corrected chi connectivity index (χ2v) is 5.05. The molecule has 1 rings (SSSR count).